The number of nitrogens with zero attached hydrogens (tertiary/aromatic N) is 2. The second kappa shape index (κ2) is 4.90. The first kappa shape index (κ1) is 12.1. The quantitative estimate of drug-likeness (QED) is 0.794. The van der Waals surface area contributed by atoms with E-state index in [9.17, 15) is 0 Å². The van der Waals surface area contributed by atoms with Gasteiger partial charge in [-0.1, -0.05) is 13.8 Å². The molecule has 2 N–H and O–H groups in total. The van der Waals surface area contributed by atoms with Crippen LogP contribution in [0.1, 0.15) is 39.4 Å². The Morgan fingerprint density at radius 1 is 1.18 bits per heavy atom. The van der Waals surface area contributed by atoms with Gasteiger partial charge in [-0.25, -0.2) is 9.97 Å². The van der Waals surface area contributed by atoms with Crippen molar-refractivity contribution in [3.8, 4) is 0 Å². The summed E-state index contributed by atoms with van der Waals surface area (Å²) in [5, 5.41) is 6.67. The van der Waals surface area contributed by atoms with Crippen molar-refractivity contribution in [1.29, 1.82) is 0 Å². The number of aromatic nitrogens is 2. The molecular weight excluding hydrogens is 212 g/mol. The van der Waals surface area contributed by atoms with Gasteiger partial charge in [-0.15, -0.1) is 0 Å². The van der Waals surface area contributed by atoms with Crippen LogP contribution in [0.3, 0.4) is 0 Å². The molecule has 1 saturated carbocycles. The summed E-state index contributed by atoms with van der Waals surface area (Å²) in [4.78, 5) is 8.94. The Bertz CT molecular complexity index is 385. The SMILES string of the molecule is CCNc1cc(NCC2(C)CC2)nc(CC)n1. The van der Waals surface area contributed by atoms with Gasteiger partial charge in [0.1, 0.15) is 17.5 Å². The minimum absolute atomic E-state index is 0.496. The third-order valence-electron chi connectivity index (χ3n) is 3.25. The lowest BCUT2D eigenvalue weighted by Crippen LogP contribution is -2.14. The molecule has 0 aliphatic heterocycles. The Labute approximate surface area is 103 Å². The number of hydrogen-bond acceptors (Lipinski definition) is 4. The zero-order chi connectivity index (χ0) is 12.3. The molecule has 0 unspecified atom stereocenters. The van der Waals surface area contributed by atoms with Gasteiger partial charge in [0.05, 0.1) is 0 Å². The first-order valence-corrected chi connectivity index (χ1v) is 6.51. The highest BCUT2D eigenvalue weighted by Crippen LogP contribution is 2.44. The van der Waals surface area contributed by atoms with Gasteiger partial charge in [-0.05, 0) is 25.2 Å². The molecule has 4 heteroatoms. The van der Waals surface area contributed by atoms with E-state index in [2.05, 4.69) is 41.4 Å². The minimum Gasteiger partial charge on any atom is -0.370 e. The number of rotatable bonds is 6. The second-order valence-electron chi connectivity index (χ2n) is 5.10. The first-order valence-electron chi connectivity index (χ1n) is 6.51. The van der Waals surface area contributed by atoms with Gasteiger partial charge in [-0.3, -0.25) is 0 Å². The molecule has 1 aromatic heterocycles. The fourth-order valence-electron chi connectivity index (χ4n) is 1.71. The molecule has 0 aromatic carbocycles. The van der Waals surface area contributed by atoms with E-state index < -0.39 is 0 Å². The van der Waals surface area contributed by atoms with Crippen LogP contribution in [0.25, 0.3) is 0 Å². The summed E-state index contributed by atoms with van der Waals surface area (Å²) in [6.07, 6.45) is 3.52. The third-order valence-corrected chi connectivity index (χ3v) is 3.25. The maximum Gasteiger partial charge on any atom is 0.132 e. The van der Waals surface area contributed by atoms with E-state index in [-0.39, 0.29) is 0 Å². The van der Waals surface area contributed by atoms with Gasteiger partial charge >= 0.3 is 0 Å². The molecule has 94 valence electrons. The van der Waals surface area contributed by atoms with E-state index >= 15 is 0 Å². The smallest absolute Gasteiger partial charge is 0.132 e. The second-order valence-corrected chi connectivity index (χ2v) is 5.10. The van der Waals surface area contributed by atoms with Crippen LogP contribution >= 0.6 is 0 Å². The number of anilines is 2. The van der Waals surface area contributed by atoms with Gasteiger partial charge in [0.2, 0.25) is 0 Å². The van der Waals surface area contributed by atoms with Gasteiger partial charge in [0.25, 0.3) is 0 Å². The lowest BCUT2D eigenvalue weighted by molar-refractivity contribution is 0.609. The summed E-state index contributed by atoms with van der Waals surface area (Å²) in [5.41, 5.74) is 0.496. The Morgan fingerprint density at radius 3 is 2.35 bits per heavy atom. The normalized spacial score (nSPS) is 16.6. The van der Waals surface area contributed by atoms with Crippen molar-refractivity contribution in [1.82, 2.24) is 9.97 Å². The molecule has 0 spiro atoms. The van der Waals surface area contributed by atoms with Gasteiger partial charge < -0.3 is 10.6 Å². The highest BCUT2D eigenvalue weighted by atomic mass is 15.1. The first-order chi connectivity index (χ1) is 8.15. The van der Waals surface area contributed by atoms with Crippen molar-refractivity contribution in [3.05, 3.63) is 11.9 Å². The Morgan fingerprint density at radius 2 is 1.82 bits per heavy atom. The van der Waals surface area contributed by atoms with Crippen LogP contribution in [0, 0.1) is 5.41 Å². The molecule has 0 radical (unpaired) electrons. The predicted octanol–water partition coefficient (Wildman–Crippen LogP) is 2.68. The van der Waals surface area contributed by atoms with Crippen molar-refractivity contribution in [2.75, 3.05) is 23.7 Å². The standard InChI is InChI=1S/C13H22N4/c1-4-10-16-11(14-5-2)8-12(17-10)15-9-13(3)6-7-13/h8H,4-7,9H2,1-3H3,(H2,14,15,16,17). The van der Waals surface area contributed by atoms with Crippen LogP contribution in [0.2, 0.25) is 0 Å². The van der Waals surface area contributed by atoms with E-state index in [0.717, 1.165) is 37.0 Å². The van der Waals surface area contributed by atoms with E-state index in [0.29, 0.717) is 5.41 Å². The molecule has 0 atom stereocenters. The lowest BCUT2D eigenvalue weighted by Gasteiger charge is -2.12. The van der Waals surface area contributed by atoms with Crippen molar-refractivity contribution in [3.63, 3.8) is 0 Å². The predicted molar refractivity (Wildman–Crippen MR) is 71.4 cm³/mol. The summed E-state index contributed by atoms with van der Waals surface area (Å²) >= 11 is 0. The highest BCUT2D eigenvalue weighted by molar-refractivity contribution is 5.47. The topological polar surface area (TPSA) is 49.8 Å². The zero-order valence-corrected chi connectivity index (χ0v) is 11.0. The molecular formula is C13H22N4. The van der Waals surface area contributed by atoms with Gasteiger partial charge in [0.15, 0.2) is 0 Å². The molecule has 0 bridgehead atoms. The zero-order valence-electron chi connectivity index (χ0n) is 11.0. The fourth-order valence-corrected chi connectivity index (χ4v) is 1.71. The summed E-state index contributed by atoms with van der Waals surface area (Å²) in [5.74, 6) is 2.76. The highest BCUT2D eigenvalue weighted by Gasteiger charge is 2.36. The molecule has 0 amide bonds. The number of aryl methyl sites for hydroxylation is 1. The van der Waals surface area contributed by atoms with E-state index in [1.54, 1.807) is 0 Å². The minimum atomic E-state index is 0.496. The van der Waals surface area contributed by atoms with E-state index in [4.69, 9.17) is 0 Å². The van der Waals surface area contributed by atoms with Crippen molar-refractivity contribution >= 4 is 11.6 Å². The van der Waals surface area contributed by atoms with Crippen LogP contribution in [0.4, 0.5) is 11.6 Å². The molecule has 1 fully saturated rings. The molecule has 4 nitrogen and oxygen atoms in total. The molecule has 1 aliphatic carbocycles. The molecule has 0 saturated heterocycles. The summed E-state index contributed by atoms with van der Waals surface area (Å²) in [6.45, 7) is 8.37. The molecule has 1 aliphatic rings. The van der Waals surface area contributed by atoms with Crippen LogP contribution in [0.15, 0.2) is 6.07 Å². The largest absolute Gasteiger partial charge is 0.370 e. The molecule has 2 rings (SSSR count). The monoisotopic (exact) mass is 234 g/mol. The number of hydrogen-bond donors (Lipinski definition) is 2. The fraction of sp³-hybridized carbons (Fsp3) is 0.692. The van der Waals surface area contributed by atoms with Crippen LogP contribution in [-0.4, -0.2) is 23.1 Å². The molecule has 1 aromatic rings. The lowest BCUT2D eigenvalue weighted by atomic mass is 10.1. The van der Waals surface area contributed by atoms with Crippen LogP contribution < -0.4 is 10.6 Å². The summed E-state index contributed by atoms with van der Waals surface area (Å²) in [6, 6.07) is 1.99. The average Bonchev–Trinajstić information content (AvgIpc) is 3.06. The van der Waals surface area contributed by atoms with Crippen molar-refractivity contribution in [2.45, 2.75) is 40.0 Å². The maximum atomic E-state index is 4.50. The molecule has 17 heavy (non-hydrogen) atoms. The van der Waals surface area contributed by atoms with Gasteiger partial charge in [0, 0.05) is 25.6 Å². The molecule has 1 heterocycles. The Hall–Kier alpha value is -1.32. The summed E-state index contributed by atoms with van der Waals surface area (Å²) in [7, 11) is 0. The van der Waals surface area contributed by atoms with Crippen LogP contribution in [0.5, 0.6) is 0 Å². The average molecular weight is 234 g/mol. The van der Waals surface area contributed by atoms with E-state index in [1.165, 1.54) is 12.8 Å². The Balaban J connectivity index is 2.05. The number of nitrogens with one attached hydrogen (secondary N) is 2. The van der Waals surface area contributed by atoms with Crippen molar-refractivity contribution < 1.29 is 0 Å². The maximum absolute atomic E-state index is 4.50. The summed E-state index contributed by atoms with van der Waals surface area (Å²) < 4.78 is 0. The van der Waals surface area contributed by atoms with Gasteiger partial charge in [-0.2, -0.15) is 0 Å². The third kappa shape index (κ3) is 3.32. The van der Waals surface area contributed by atoms with Crippen molar-refractivity contribution in [2.24, 2.45) is 5.41 Å². The van der Waals surface area contributed by atoms with Crippen LogP contribution in [-0.2, 0) is 6.42 Å². The Kier molecular flexibility index (Phi) is 3.50. The van der Waals surface area contributed by atoms with E-state index in [1.807, 2.05) is 6.07 Å².